The van der Waals surface area contributed by atoms with Crippen molar-refractivity contribution in [3.05, 3.63) is 22.2 Å². The van der Waals surface area contributed by atoms with Crippen LogP contribution in [0, 0.1) is 16.0 Å². The van der Waals surface area contributed by atoms with Crippen molar-refractivity contribution < 1.29 is 9.66 Å². The van der Waals surface area contributed by atoms with Crippen molar-refractivity contribution in [2.24, 2.45) is 5.92 Å². The van der Waals surface area contributed by atoms with Gasteiger partial charge in [0.1, 0.15) is 0 Å². The number of nitrogens with two attached hydrogens (primary N) is 1. The Morgan fingerprint density at radius 2 is 2.44 bits per heavy atom. The Morgan fingerprint density at radius 1 is 1.61 bits per heavy atom. The summed E-state index contributed by atoms with van der Waals surface area (Å²) in [4.78, 5) is 13.9. The van der Waals surface area contributed by atoms with Crippen molar-refractivity contribution in [3.8, 4) is 5.88 Å². The zero-order valence-corrected chi connectivity index (χ0v) is 9.96. The van der Waals surface area contributed by atoms with Crippen LogP contribution in [0.15, 0.2) is 12.1 Å². The second-order valence-electron chi connectivity index (χ2n) is 4.33. The van der Waals surface area contributed by atoms with Gasteiger partial charge in [0.05, 0.1) is 11.5 Å². The lowest BCUT2D eigenvalue weighted by Crippen LogP contribution is -2.33. The fourth-order valence-electron chi connectivity index (χ4n) is 1.95. The van der Waals surface area contributed by atoms with Crippen LogP contribution in [0.5, 0.6) is 5.88 Å². The van der Waals surface area contributed by atoms with Gasteiger partial charge in [-0.2, -0.15) is 4.98 Å². The summed E-state index contributed by atoms with van der Waals surface area (Å²) in [6, 6.07) is 2.79. The molecule has 7 heteroatoms. The highest BCUT2D eigenvalue weighted by atomic mass is 16.6. The normalized spacial score (nSPS) is 19.4. The van der Waals surface area contributed by atoms with E-state index in [0.29, 0.717) is 18.4 Å². The summed E-state index contributed by atoms with van der Waals surface area (Å²) in [7, 11) is 0. The Labute approximate surface area is 104 Å². The summed E-state index contributed by atoms with van der Waals surface area (Å²) in [6.45, 7) is 2.54. The summed E-state index contributed by atoms with van der Waals surface area (Å²) in [5.41, 5.74) is 5.29. The molecule has 1 aromatic rings. The number of nitro groups is 1. The van der Waals surface area contributed by atoms with Crippen LogP contribution in [0.2, 0.25) is 0 Å². The van der Waals surface area contributed by atoms with E-state index in [-0.39, 0.29) is 11.5 Å². The van der Waals surface area contributed by atoms with Crippen LogP contribution >= 0.6 is 0 Å². The number of nitrogen functional groups attached to an aromatic ring is 1. The molecule has 3 N–H and O–H groups in total. The SMILES string of the molecule is Nc1nc(OCC2CCCNC2)ccc1[N+](=O)[O-]. The van der Waals surface area contributed by atoms with Crippen LogP contribution in [0.3, 0.4) is 0 Å². The minimum atomic E-state index is -0.558. The lowest BCUT2D eigenvalue weighted by Gasteiger charge is -2.22. The molecule has 1 aromatic heterocycles. The van der Waals surface area contributed by atoms with Gasteiger partial charge in [0.15, 0.2) is 0 Å². The summed E-state index contributed by atoms with van der Waals surface area (Å²) in [5, 5.41) is 13.9. The molecule has 2 heterocycles. The number of hydrogen-bond acceptors (Lipinski definition) is 6. The number of ether oxygens (including phenoxy) is 1. The molecular weight excluding hydrogens is 236 g/mol. The lowest BCUT2D eigenvalue weighted by molar-refractivity contribution is -0.384. The molecule has 0 spiro atoms. The van der Waals surface area contributed by atoms with Gasteiger partial charge in [-0.1, -0.05) is 0 Å². The second kappa shape index (κ2) is 5.63. The fraction of sp³-hybridized carbons (Fsp3) is 0.545. The molecule has 0 aliphatic carbocycles. The summed E-state index contributed by atoms with van der Waals surface area (Å²) >= 11 is 0. The molecule has 0 saturated carbocycles. The van der Waals surface area contributed by atoms with E-state index in [1.807, 2.05) is 0 Å². The molecule has 0 amide bonds. The Balaban J connectivity index is 1.93. The first-order chi connectivity index (χ1) is 8.66. The van der Waals surface area contributed by atoms with Crippen molar-refractivity contribution in [2.75, 3.05) is 25.4 Å². The monoisotopic (exact) mass is 252 g/mol. The first kappa shape index (κ1) is 12.6. The smallest absolute Gasteiger partial charge is 0.311 e. The van der Waals surface area contributed by atoms with Crippen molar-refractivity contribution in [1.29, 1.82) is 0 Å². The minimum Gasteiger partial charge on any atom is -0.477 e. The Bertz CT molecular complexity index is 432. The van der Waals surface area contributed by atoms with Crippen molar-refractivity contribution >= 4 is 11.5 Å². The van der Waals surface area contributed by atoms with E-state index in [4.69, 9.17) is 10.5 Å². The molecule has 7 nitrogen and oxygen atoms in total. The highest BCUT2D eigenvalue weighted by Crippen LogP contribution is 2.22. The third-order valence-electron chi connectivity index (χ3n) is 2.94. The maximum Gasteiger partial charge on any atom is 0.311 e. The molecule has 1 saturated heterocycles. The molecule has 2 rings (SSSR count). The number of piperidine rings is 1. The van der Waals surface area contributed by atoms with Gasteiger partial charge in [-0.05, 0) is 19.4 Å². The van der Waals surface area contributed by atoms with Gasteiger partial charge < -0.3 is 15.8 Å². The Hall–Kier alpha value is -1.89. The number of anilines is 1. The Morgan fingerprint density at radius 3 is 3.06 bits per heavy atom. The summed E-state index contributed by atoms with van der Waals surface area (Å²) < 4.78 is 5.51. The maximum atomic E-state index is 10.6. The van der Waals surface area contributed by atoms with Gasteiger partial charge in [0, 0.05) is 24.6 Å². The molecule has 0 radical (unpaired) electrons. The van der Waals surface area contributed by atoms with Gasteiger partial charge in [-0.25, -0.2) is 0 Å². The maximum absolute atomic E-state index is 10.6. The predicted molar refractivity (Wildman–Crippen MR) is 66.4 cm³/mol. The van der Waals surface area contributed by atoms with Crippen molar-refractivity contribution in [3.63, 3.8) is 0 Å². The fourth-order valence-corrected chi connectivity index (χ4v) is 1.95. The number of aromatic nitrogens is 1. The van der Waals surface area contributed by atoms with E-state index < -0.39 is 4.92 Å². The van der Waals surface area contributed by atoms with Crippen LogP contribution < -0.4 is 15.8 Å². The van der Waals surface area contributed by atoms with Crippen LogP contribution in [0.1, 0.15) is 12.8 Å². The second-order valence-corrected chi connectivity index (χ2v) is 4.33. The average molecular weight is 252 g/mol. The van der Waals surface area contributed by atoms with Gasteiger partial charge in [0.25, 0.3) is 0 Å². The van der Waals surface area contributed by atoms with Crippen LogP contribution in [0.4, 0.5) is 11.5 Å². The quantitative estimate of drug-likeness (QED) is 0.610. The minimum absolute atomic E-state index is 0.112. The highest BCUT2D eigenvalue weighted by Gasteiger charge is 2.16. The van der Waals surface area contributed by atoms with Crippen molar-refractivity contribution in [2.45, 2.75) is 12.8 Å². The van der Waals surface area contributed by atoms with E-state index in [1.54, 1.807) is 0 Å². The predicted octanol–water partition coefficient (Wildman–Crippen LogP) is 0.950. The summed E-state index contributed by atoms with van der Waals surface area (Å²) in [6.07, 6.45) is 2.26. The van der Waals surface area contributed by atoms with Gasteiger partial charge in [-0.3, -0.25) is 10.1 Å². The molecule has 1 atom stereocenters. The third kappa shape index (κ3) is 3.07. The largest absolute Gasteiger partial charge is 0.477 e. The topological polar surface area (TPSA) is 103 Å². The average Bonchev–Trinajstić information content (AvgIpc) is 2.37. The molecule has 1 fully saturated rings. The first-order valence-electron chi connectivity index (χ1n) is 5.91. The molecule has 1 aliphatic rings. The third-order valence-corrected chi connectivity index (χ3v) is 2.94. The van der Waals surface area contributed by atoms with Crippen molar-refractivity contribution in [1.82, 2.24) is 10.3 Å². The number of nitrogens with one attached hydrogen (secondary N) is 1. The van der Waals surface area contributed by atoms with E-state index in [0.717, 1.165) is 25.9 Å². The molecule has 98 valence electrons. The van der Waals surface area contributed by atoms with Crippen LogP contribution in [-0.2, 0) is 0 Å². The first-order valence-corrected chi connectivity index (χ1v) is 5.91. The van der Waals surface area contributed by atoms with Gasteiger partial charge in [-0.15, -0.1) is 0 Å². The van der Waals surface area contributed by atoms with E-state index in [9.17, 15) is 10.1 Å². The molecule has 18 heavy (non-hydrogen) atoms. The van der Waals surface area contributed by atoms with Crippen LogP contribution in [0.25, 0.3) is 0 Å². The van der Waals surface area contributed by atoms with Gasteiger partial charge in [0.2, 0.25) is 11.7 Å². The van der Waals surface area contributed by atoms with Gasteiger partial charge >= 0.3 is 5.69 Å². The van der Waals surface area contributed by atoms with E-state index >= 15 is 0 Å². The summed E-state index contributed by atoms with van der Waals surface area (Å²) in [5.74, 6) is 0.680. The molecule has 0 bridgehead atoms. The number of nitrogens with zero attached hydrogens (tertiary/aromatic N) is 2. The Kier molecular flexibility index (Phi) is 3.93. The number of pyridine rings is 1. The molecule has 1 unspecified atom stereocenters. The molecule has 1 aliphatic heterocycles. The molecular formula is C11H16N4O3. The standard InChI is InChI=1S/C11H16N4O3/c12-11-9(15(16)17)3-4-10(14-11)18-7-8-2-1-5-13-6-8/h3-4,8,13H,1-2,5-7H2,(H2,12,14). The molecule has 0 aromatic carbocycles. The highest BCUT2D eigenvalue weighted by molar-refractivity contribution is 5.53. The zero-order valence-electron chi connectivity index (χ0n) is 9.96. The number of hydrogen-bond donors (Lipinski definition) is 2. The number of rotatable bonds is 4. The lowest BCUT2D eigenvalue weighted by atomic mass is 10.0. The zero-order chi connectivity index (χ0) is 13.0. The van der Waals surface area contributed by atoms with E-state index in [1.165, 1.54) is 12.1 Å². The van der Waals surface area contributed by atoms with Crippen LogP contribution in [-0.4, -0.2) is 29.6 Å². The van der Waals surface area contributed by atoms with E-state index in [2.05, 4.69) is 10.3 Å².